The van der Waals surface area contributed by atoms with Gasteiger partial charge >= 0.3 is 0 Å². The summed E-state index contributed by atoms with van der Waals surface area (Å²) in [6, 6.07) is 0. The Morgan fingerprint density at radius 1 is 1.33 bits per heavy atom. The van der Waals surface area contributed by atoms with Crippen LogP contribution in [0, 0.1) is 28.6 Å². The van der Waals surface area contributed by atoms with Gasteiger partial charge in [-0.1, -0.05) is 27.7 Å². The summed E-state index contributed by atoms with van der Waals surface area (Å²) < 4.78 is 0. The minimum atomic E-state index is 0.238. The van der Waals surface area contributed by atoms with Crippen LogP contribution < -0.4 is 5.90 Å². The van der Waals surface area contributed by atoms with Gasteiger partial charge in [-0.3, -0.25) is 0 Å². The molecule has 0 aliphatic heterocycles. The Hall–Kier alpha value is -0.0800. The second kappa shape index (κ2) is 3.46. The van der Waals surface area contributed by atoms with Crippen molar-refractivity contribution < 1.29 is 4.84 Å². The molecule has 3 fully saturated rings. The third-order valence-corrected chi connectivity index (χ3v) is 5.32. The van der Waals surface area contributed by atoms with E-state index in [1.165, 1.54) is 19.3 Å². The second-order valence-electron chi connectivity index (χ2n) is 6.84. The highest BCUT2D eigenvalue weighted by atomic mass is 16.6. The van der Waals surface area contributed by atoms with E-state index in [9.17, 15) is 0 Å². The molecule has 3 rings (SSSR count). The van der Waals surface area contributed by atoms with Crippen molar-refractivity contribution in [2.45, 2.75) is 47.0 Å². The predicted molar refractivity (Wildman–Crippen MR) is 62.0 cm³/mol. The van der Waals surface area contributed by atoms with Gasteiger partial charge in [-0.05, 0) is 47.8 Å². The van der Waals surface area contributed by atoms with Crippen molar-refractivity contribution in [1.29, 1.82) is 0 Å². The Morgan fingerprint density at radius 3 is 2.47 bits per heavy atom. The maximum atomic E-state index is 5.25. The first-order chi connectivity index (χ1) is 6.89. The van der Waals surface area contributed by atoms with Crippen LogP contribution in [0.5, 0.6) is 0 Å². The van der Waals surface area contributed by atoms with Crippen LogP contribution in [0.25, 0.3) is 0 Å². The lowest BCUT2D eigenvalue weighted by Crippen LogP contribution is -2.56. The zero-order valence-corrected chi connectivity index (χ0v) is 10.5. The van der Waals surface area contributed by atoms with E-state index in [2.05, 4.69) is 27.7 Å². The van der Waals surface area contributed by atoms with Crippen LogP contribution in [-0.2, 0) is 4.84 Å². The van der Waals surface area contributed by atoms with Gasteiger partial charge in [0.2, 0.25) is 0 Å². The van der Waals surface area contributed by atoms with Gasteiger partial charge in [0.05, 0.1) is 6.61 Å². The smallest absolute Gasteiger partial charge is 0.0732 e. The lowest BCUT2D eigenvalue weighted by Gasteiger charge is -2.63. The molecule has 2 bridgehead atoms. The third kappa shape index (κ3) is 1.62. The molecule has 0 aromatic rings. The fraction of sp³-hybridized carbons (Fsp3) is 1.00. The summed E-state index contributed by atoms with van der Waals surface area (Å²) in [6.45, 7) is 10.2. The lowest BCUT2D eigenvalue weighted by atomic mass is 9.42. The van der Waals surface area contributed by atoms with E-state index in [-0.39, 0.29) is 5.41 Å². The van der Waals surface area contributed by atoms with Gasteiger partial charge in [-0.25, -0.2) is 5.90 Å². The average Bonchev–Trinajstić information content (AvgIpc) is 2.17. The molecule has 2 N–H and O–H groups in total. The van der Waals surface area contributed by atoms with E-state index in [4.69, 9.17) is 10.7 Å². The molecule has 0 heterocycles. The lowest BCUT2D eigenvalue weighted by molar-refractivity contribution is -0.149. The number of fused-ring (bicyclic) bond motifs is 2. The molecule has 3 aliphatic rings. The molecule has 3 saturated carbocycles. The molecule has 3 aliphatic carbocycles. The number of rotatable bonds is 3. The topological polar surface area (TPSA) is 35.2 Å². The first-order valence-electron chi connectivity index (χ1n) is 6.21. The summed E-state index contributed by atoms with van der Waals surface area (Å²) in [4.78, 5) is 4.89. The van der Waals surface area contributed by atoms with Crippen LogP contribution >= 0.6 is 0 Å². The van der Waals surface area contributed by atoms with Crippen LogP contribution in [0.4, 0.5) is 0 Å². The normalized spacial score (nSPS) is 38.6. The van der Waals surface area contributed by atoms with Crippen molar-refractivity contribution >= 4 is 0 Å². The van der Waals surface area contributed by atoms with E-state index < -0.39 is 0 Å². The molecular weight excluding hydrogens is 186 g/mol. The largest absolute Gasteiger partial charge is 0.304 e. The molecule has 3 unspecified atom stereocenters. The first kappa shape index (κ1) is 11.4. The van der Waals surface area contributed by atoms with Crippen LogP contribution in [0.3, 0.4) is 0 Å². The average molecular weight is 211 g/mol. The van der Waals surface area contributed by atoms with Gasteiger partial charge in [-0.15, -0.1) is 0 Å². The summed E-state index contributed by atoms with van der Waals surface area (Å²) in [5, 5.41) is 0. The van der Waals surface area contributed by atoms with Gasteiger partial charge in [0, 0.05) is 0 Å². The Kier molecular flexibility index (Phi) is 2.63. The maximum Gasteiger partial charge on any atom is 0.0732 e. The van der Waals surface area contributed by atoms with E-state index in [1.54, 1.807) is 0 Å². The molecule has 2 nitrogen and oxygen atoms in total. The van der Waals surface area contributed by atoms with Crippen LogP contribution in [0.15, 0.2) is 0 Å². The molecule has 0 aromatic carbocycles. The number of hydrogen-bond donors (Lipinski definition) is 1. The standard InChI is InChI=1S/C13H25NO/c1-12(2,8-15-14)10-6-5-9-7-11(10)13(9,3)4/h9-11H,5-8,14H2,1-4H3. The molecule has 0 saturated heterocycles. The molecule has 0 spiro atoms. The Labute approximate surface area is 93.5 Å². The third-order valence-electron chi connectivity index (χ3n) is 5.32. The zero-order chi connectivity index (χ0) is 11.3. The maximum absolute atomic E-state index is 5.25. The van der Waals surface area contributed by atoms with Crippen LogP contribution in [0.1, 0.15) is 47.0 Å². The van der Waals surface area contributed by atoms with Crippen LogP contribution in [0.2, 0.25) is 0 Å². The summed E-state index contributed by atoms with van der Waals surface area (Å²) in [6.07, 6.45) is 4.21. The second-order valence-corrected chi connectivity index (χ2v) is 6.84. The van der Waals surface area contributed by atoms with Crippen LogP contribution in [-0.4, -0.2) is 6.61 Å². The first-order valence-corrected chi connectivity index (χ1v) is 6.21. The fourth-order valence-electron chi connectivity index (χ4n) is 4.07. The Balaban J connectivity index is 2.10. The fourth-order valence-corrected chi connectivity index (χ4v) is 4.07. The van der Waals surface area contributed by atoms with E-state index >= 15 is 0 Å². The van der Waals surface area contributed by atoms with Gasteiger partial charge < -0.3 is 4.84 Å². The number of nitrogens with two attached hydrogens (primary N) is 1. The minimum Gasteiger partial charge on any atom is -0.304 e. The quantitative estimate of drug-likeness (QED) is 0.728. The number of hydrogen-bond acceptors (Lipinski definition) is 2. The highest BCUT2D eigenvalue weighted by Gasteiger charge is 2.57. The van der Waals surface area contributed by atoms with Crippen molar-refractivity contribution in [1.82, 2.24) is 0 Å². The highest BCUT2D eigenvalue weighted by Crippen LogP contribution is 2.64. The Bertz CT molecular complexity index is 245. The monoisotopic (exact) mass is 211 g/mol. The SMILES string of the molecule is CC(C)(CON)C1CCC2CC1C2(C)C. The van der Waals surface area contributed by atoms with Crippen molar-refractivity contribution in [3.8, 4) is 0 Å². The van der Waals surface area contributed by atoms with Gasteiger partial charge in [-0.2, -0.15) is 0 Å². The van der Waals surface area contributed by atoms with Gasteiger partial charge in [0.1, 0.15) is 0 Å². The molecule has 0 radical (unpaired) electrons. The highest BCUT2D eigenvalue weighted by molar-refractivity contribution is 5.06. The van der Waals surface area contributed by atoms with E-state index in [0.717, 1.165) is 17.8 Å². The summed E-state index contributed by atoms with van der Waals surface area (Å²) in [5.74, 6) is 7.91. The van der Waals surface area contributed by atoms with Crippen molar-refractivity contribution in [3.05, 3.63) is 0 Å². The molecule has 2 heteroatoms. The summed E-state index contributed by atoms with van der Waals surface area (Å²) in [7, 11) is 0. The summed E-state index contributed by atoms with van der Waals surface area (Å²) in [5.41, 5.74) is 0.802. The van der Waals surface area contributed by atoms with Gasteiger partial charge in [0.15, 0.2) is 0 Å². The molecule has 0 amide bonds. The zero-order valence-electron chi connectivity index (χ0n) is 10.5. The molecule has 0 aromatic heterocycles. The molecule has 3 atom stereocenters. The predicted octanol–water partition coefficient (Wildman–Crippen LogP) is 2.98. The molecule has 15 heavy (non-hydrogen) atoms. The van der Waals surface area contributed by atoms with Crippen molar-refractivity contribution in [2.24, 2.45) is 34.5 Å². The Morgan fingerprint density at radius 2 is 2.00 bits per heavy atom. The van der Waals surface area contributed by atoms with Crippen molar-refractivity contribution in [2.75, 3.05) is 6.61 Å². The van der Waals surface area contributed by atoms with E-state index in [0.29, 0.717) is 12.0 Å². The van der Waals surface area contributed by atoms with Gasteiger partial charge in [0.25, 0.3) is 0 Å². The minimum absolute atomic E-state index is 0.238. The molecule has 88 valence electrons. The van der Waals surface area contributed by atoms with Crippen molar-refractivity contribution in [3.63, 3.8) is 0 Å². The summed E-state index contributed by atoms with van der Waals surface area (Å²) >= 11 is 0. The van der Waals surface area contributed by atoms with E-state index in [1.807, 2.05) is 0 Å². The molecular formula is C13H25NO.